The number of nitriles is 1. The van der Waals surface area contributed by atoms with E-state index in [4.69, 9.17) is 11.6 Å². The summed E-state index contributed by atoms with van der Waals surface area (Å²) in [6.45, 7) is 5.40. The largest absolute Gasteiger partial charge is 0.367 e. The van der Waals surface area contributed by atoms with E-state index in [0.29, 0.717) is 12.0 Å². The molecule has 1 aliphatic rings. The van der Waals surface area contributed by atoms with Crippen LogP contribution in [0.25, 0.3) is 0 Å². The van der Waals surface area contributed by atoms with Crippen molar-refractivity contribution in [3.8, 4) is 6.07 Å². The maximum atomic E-state index is 9.26. The summed E-state index contributed by atoms with van der Waals surface area (Å²) in [5.41, 5.74) is 1.18. The number of rotatable bonds is 3. The van der Waals surface area contributed by atoms with Crippen LogP contribution in [0.3, 0.4) is 0 Å². The molecule has 0 spiro atoms. The summed E-state index contributed by atoms with van der Waals surface area (Å²) in [6, 6.07) is 10.7. The van der Waals surface area contributed by atoms with Gasteiger partial charge < -0.3 is 4.90 Å². The van der Waals surface area contributed by atoms with Gasteiger partial charge in [0.15, 0.2) is 0 Å². The molecule has 2 unspecified atom stereocenters. The van der Waals surface area contributed by atoms with Crippen molar-refractivity contribution in [1.82, 2.24) is 0 Å². The summed E-state index contributed by atoms with van der Waals surface area (Å²) in [5, 5.41) is 10.0. The summed E-state index contributed by atoms with van der Waals surface area (Å²) in [4.78, 5) is 2.37. The van der Waals surface area contributed by atoms with E-state index in [1.807, 2.05) is 12.1 Å². The average Bonchev–Trinajstić information content (AvgIpc) is 2.72. The lowest BCUT2D eigenvalue weighted by Gasteiger charge is -2.29. The van der Waals surface area contributed by atoms with Gasteiger partial charge in [-0.2, -0.15) is 5.26 Å². The minimum Gasteiger partial charge on any atom is -0.367 e. The molecule has 2 rings (SSSR count). The molecule has 1 heterocycles. The molecule has 1 aliphatic heterocycles. The second-order valence-electron chi connectivity index (χ2n) is 5.39. The predicted molar refractivity (Wildman–Crippen MR) is 75.8 cm³/mol. The molecule has 3 heteroatoms. The highest BCUT2D eigenvalue weighted by Gasteiger charge is 2.34. The standard InChI is InChI=1S/C15H19ClN2/c1-11(2)9-15-12(10-17)7-8-18(15)14-5-3-13(16)4-6-14/h3-6,11-12,15H,7-9H2,1-2H3. The van der Waals surface area contributed by atoms with E-state index in [1.54, 1.807) is 0 Å². The summed E-state index contributed by atoms with van der Waals surface area (Å²) in [7, 11) is 0. The smallest absolute Gasteiger partial charge is 0.0683 e. The minimum atomic E-state index is 0.156. The molecule has 1 aromatic carbocycles. The number of anilines is 1. The Morgan fingerprint density at radius 1 is 1.39 bits per heavy atom. The van der Waals surface area contributed by atoms with Crippen LogP contribution in [0.5, 0.6) is 0 Å². The molecule has 0 bridgehead atoms. The van der Waals surface area contributed by atoms with Crippen molar-refractivity contribution in [1.29, 1.82) is 5.26 Å². The fraction of sp³-hybridized carbons (Fsp3) is 0.533. The van der Waals surface area contributed by atoms with Crippen molar-refractivity contribution in [2.45, 2.75) is 32.7 Å². The van der Waals surface area contributed by atoms with Crippen LogP contribution in [-0.4, -0.2) is 12.6 Å². The summed E-state index contributed by atoms with van der Waals surface area (Å²) < 4.78 is 0. The van der Waals surface area contributed by atoms with Gasteiger partial charge in [-0.05, 0) is 43.0 Å². The lowest BCUT2D eigenvalue weighted by molar-refractivity contribution is 0.451. The van der Waals surface area contributed by atoms with Crippen molar-refractivity contribution < 1.29 is 0 Å². The van der Waals surface area contributed by atoms with Crippen molar-refractivity contribution in [3.05, 3.63) is 29.3 Å². The average molecular weight is 263 g/mol. The summed E-state index contributed by atoms with van der Waals surface area (Å²) in [6.07, 6.45) is 2.04. The van der Waals surface area contributed by atoms with Gasteiger partial charge in [0, 0.05) is 23.3 Å². The zero-order valence-corrected chi connectivity index (χ0v) is 11.7. The highest BCUT2D eigenvalue weighted by Crippen LogP contribution is 2.33. The van der Waals surface area contributed by atoms with Gasteiger partial charge in [0.1, 0.15) is 0 Å². The first kappa shape index (κ1) is 13.2. The lowest BCUT2D eigenvalue weighted by atomic mass is 9.93. The van der Waals surface area contributed by atoms with Crippen molar-refractivity contribution in [2.75, 3.05) is 11.4 Å². The van der Waals surface area contributed by atoms with Gasteiger partial charge >= 0.3 is 0 Å². The Morgan fingerprint density at radius 2 is 2.06 bits per heavy atom. The highest BCUT2D eigenvalue weighted by molar-refractivity contribution is 6.30. The third kappa shape index (κ3) is 2.79. The second-order valence-corrected chi connectivity index (χ2v) is 5.83. The zero-order chi connectivity index (χ0) is 13.1. The van der Waals surface area contributed by atoms with E-state index >= 15 is 0 Å². The molecule has 2 nitrogen and oxygen atoms in total. The van der Waals surface area contributed by atoms with Gasteiger partial charge in [0.2, 0.25) is 0 Å². The van der Waals surface area contributed by atoms with E-state index in [0.717, 1.165) is 24.4 Å². The van der Waals surface area contributed by atoms with Crippen molar-refractivity contribution in [2.24, 2.45) is 11.8 Å². The number of benzene rings is 1. The third-order valence-electron chi connectivity index (χ3n) is 3.58. The molecule has 2 atom stereocenters. The Morgan fingerprint density at radius 3 is 2.61 bits per heavy atom. The minimum absolute atomic E-state index is 0.156. The van der Waals surface area contributed by atoms with Crippen LogP contribution in [0.2, 0.25) is 5.02 Å². The molecule has 1 fully saturated rings. The molecule has 18 heavy (non-hydrogen) atoms. The van der Waals surface area contributed by atoms with Gasteiger partial charge in [0.05, 0.1) is 12.0 Å². The van der Waals surface area contributed by atoms with E-state index in [2.05, 4.69) is 36.9 Å². The van der Waals surface area contributed by atoms with Crippen LogP contribution in [0.15, 0.2) is 24.3 Å². The van der Waals surface area contributed by atoms with Gasteiger partial charge in [-0.3, -0.25) is 0 Å². The third-order valence-corrected chi connectivity index (χ3v) is 3.83. The predicted octanol–water partition coefficient (Wildman–Crippen LogP) is 4.10. The summed E-state index contributed by atoms with van der Waals surface area (Å²) >= 11 is 5.92. The van der Waals surface area contributed by atoms with Crippen LogP contribution < -0.4 is 4.90 Å². The number of hydrogen-bond acceptors (Lipinski definition) is 2. The Hall–Kier alpha value is -1.20. The van der Waals surface area contributed by atoms with Crippen LogP contribution >= 0.6 is 11.6 Å². The fourth-order valence-electron chi connectivity index (χ4n) is 2.73. The summed E-state index contributed by atoms with van der Waals surface area (Å²) in [5.74, 6) is 0.766. The molecule has 0 N–H and O–H groups in total. The Labute approximate surface area is 114 Å². The monoisotopic (exact) mass is 262 g/mol. The van der Waals surface area contributed by atoms with E-state index in [9.17, 15) is 5.26 Å². The van der Waals surface area contributed by atoms with Gasteiger partial charge in [0.25, 0.3) is 0 Å². The van der Waals surface area contributed by atoms with E-state index < -0.39 is 0 Å². The number of halogens is 1. The van der Waals surface area contributed by atoms with Gasteiger partial charge in [-0.25, -0.2) is 0 Å². The van der Waals surface area contributed by atoms with E-state index in [-0.39, 0.29) is 5.92 Å². The normalized spacial score (nSPS) is 23.4. The molecule has 0 radical (unpaired) electrons. The first-order valence-corrected chi connectivity index (χ1v) is 6.91. The molecule has 0 aliphatic carbocycles. The Kier molecular flexibility index (Phi) is 4.14. The first-order chi connectivity index (χ1) is 8.61. The molecular formula is C15H19ClN2. The molecule has 1 aromatic rings. The van der Waals surface area contributed by atoms with Crippen molar-refractivity contribution in [3.63, 3.8) is 0 Å². The Bertz CT molecular complexity index is 433. The quantitative estimate of drug-likeness (QED) is 0.820. The highest BCUT2D eigenvalue weighted by atomic mass is 35.5. The van der Waals surface area contributed by atoms with Crippen LogP contribution in [-0.2, 0) is 0 Å². The number of nitrogens with zero attached hydrogens (tertiary/aromatic N) is 2. The topological polar surface area (TPSA) is 27.0 Å². The molecule has 0 saturated carbocycles. The van der Waals surface area contributed by atoms with Crippen molar-refractivity contribution >= 4 is 17.3 Å². The number of hydrogen-bond donors (Lipinski definition) is 0. The molecule has 96 valence electrons. The molecule has 0 amide bonds. The fourth-order valence-corrected chi connectivity index (χ4v) is 2.86. The van der Waals surface area contributed by atoms with E-state index in [1.165, 1.54) is 5.69 Å². The van der Waals surface area contributed by atoms with Gasteiger partial charge in [-0.15, -0.1) is 0 Å². The van der Waals surface area contributed by atoms with Crippen LogP contribution in [0, 0.1) is 23.2 Å². The molecule has 0 aromatic heterocycles. The Balaban J connectivity index is 2.21. The molecule has 1 saturated heterocycles. The zero-order valence-electron chi connectivity index (χ0n) is 10.9. The first-order valence-electron chi connectivity index (χ1n) is 6.53. The maximum Gasteiger partial charge on any atom is 0.0683 e. The van der Waals surface area contributed by atoms with Gasteiger partial charge in [-0.1, -0.05) is 25.4 Å². The molecular weight excluding hydrogens is 244 g/mol. The van der Waals surface area contributed by atoms with Crippen LogP contribution in [0.4, 0.5) is 5.69 Å². The van der Waals surface area contributed by atoms with Crippen LogP contribution in [0.1, 0.15) is 26.7 Å². The lowest BCUT2D eigenvalue weighted by Crippen LogP contribution is -2.33. The second kappa shape index (κ2) is 5.63. The SMILES string of the molecule is CC(C)CC1C(C#N)CCN1c1ccc(Cl)cc1. The maximum absolute atomic E-state index is 9.26.